The van der Waals surface area contributed by atoms with Crippen LogP contribution in [0.3, 0.4) is 0 Å². The average Bonchev–Trinajstić information content (AvgIpc) is 2.74. The number of nitrogens with zero attached hydrogens (tertiary/aromatic N) is 2. The van der Waals surface area contributed by atoms with Crippen molar-refractivity contribution in [3.8, 4) is 0 Å². The van der Waals surface area contributed by atoms with E-state index in [9.17, 15) is 8.42 Å². The zero-order chi connectivity index (χ0) is 12.8. The number of halogens is 1. The van der Waals surface area contributed by atoms with E-state index in [-0.39, 0.29) is 5.03 Å². The first-order valence-electron chi connectivity index (χ1n) is 5.58. The van der Waals surface area contributed by atoms with Crippen LogP contribution < -0.4 is 0 Å². The molecule has 0 aliphatic heterocycles. The van der Waals surface area contributed by atoms with Gasteiger partial charge in [0.1, 0.15) is 0 Å². The number of imidazole rings is 1. The highest BCUT2D eigenvalue weighted by molar-refractivity contribution is 8.13. The first-order valence-corrected chi connectivity index (χ1v) is 7.89. The van der Waals surface area contributed by atoms with Gasteiger partial charge < -0.3 is 4.57 Å². The van der Waals surface area contributed by atoms with Gasteiger partial charge in [0.2, 0.25) is 0 Å². The maximum atomic E-state index is 11.1. The summed E-state index contributed by atoms with van der Waals surface area (Å²) in [6, 6.07) is 8.28. The highest BCUT2D eigenvalue weighted by atomic mass is 35.7. The van der Waals surface area contributed by atoms with E-state index in [1.165, 1.54) is 23.7 Å². The molecule has 0 N–H and O–H groups in total. The molecule has 1 atom stereocenters. The van der Waals surface area contributed by atoms with Gasteiger partial charge in [-0.15, -0.1) is 0 Å². The summed E-state index contributed by atoms with van der Waals surface area (Å²) in [6.07, 6.45) is 4.01. The fourth-order valence-corrected chi connectivity index (χ4v) is 3.02. The standard InChI is InChI=1S/C12H11ClN2O2S/c13-18(16,17)12-7-15(8-14-12)6-10-5-9-3-1-2-4-11(9)10/h1-4,7-8,10H,5-6H2. The highest BCUT2D eigenvalue weighted by Gasteiger charge is 2.26. The third-order valence-corrected chi connectivity index (χ3v) is 4.44. The largest absolute Gasteiger partial charge is 0.335 e. The van der Waals surface area contributed by atoms with Crippen molar-refractivity contribution < 1.29 is 8.42 Å². The molecule has 0 spiro atoms. The van der Waals surface area contributed by atoms with Crippen molar-refractivity contribution in [2.75, 3.05) is 0 Å². The lowest BCUT2D eigenvalue weighted by Crippen LogP contribution is -2.21. The van der Waals surface area contributed by atoms with Gasteiger partial charge in [0, 0.05) is 29.3 Å². The van der Waals surface area contributed by atoms with Crippen LogP contribution >= 0.6 is 10.7 Å². The maximum absolute atomic E-state index is 11.1. The van der Waals surface area contributed by atoms with Crippen molar-refractivity contribution in [3.05, 3.63) is 47.9 Å². The van der Waals surface area contributed by atoms with E-state index in [0.29, 0.717) is 5.92 Å². The van der Waals surface area contributed by atoms with Gasteiger partial charge in [-0.25, -0.2) is 13.4 Å². The normalized spacial score (nSPS) is 18.2. The quantitative estimate of drug-likeness (QED) is 0.811. The molecular formula is C12H11ClN2O2S. The van der Waals surface area contributed by atoms with Crippen molar-refractivity contribution >= 4 is 19.7 Å². The molecular weight excluding hydrogens is 272 g/mol. The number of benzene rings is 1. The molecule has 4 nitrogen and oxygen atoms in total. The molecule has 2 aromatic rings. The van der Waals surface area contributed by atoms with E-state index in [1.54, 1.807) is 4.57 Å². The van der Waals surface area contributed by atoms with Gasteiger partial charge in [-0.05, 0) is 17.5 Å². The molecule has 0 bridgehead atoms. The second kappa shape index (κ2) is 4.10. The number of rotatable bonds is 3. The van der Waals surface area contributed by atoms with Crippen molar-refractivity contribution in [1.29, 1.82) is 0 Å². The van der Waals surface area contributed by atoms with Crippen LogP contribution in [0.5, 0.6) is 0 Å². The molecule has 0 amide bonds. The van der Waals surface area contributed by atoms with Gasteiger partial charge in [0.05, 0.1) is 6.33 Å². The molecule has 1 unspecified atom stereocenters. The molecule has 1 aromatic carbocycles. The van der Waals surface area contributed by atoms with E-state index in [1.807, 2.05) is 12.1 Å². The minimum absolute atomic E-state index is 0.0863. The van der Waals surface area contributed by atoms with E-state index in [2.05, 4.69) is 17.1 Å². The van der Waals surface area contributed by atoms with E-state index in [4.69, 9.17) is 10.7 Å². The summed E-state index contributed by atoms with van der Waals surface area (Å²) in [4.78, 5) is 3.80. The molecule has 0 saturated heterocycles. The van der Waals surface area contributed by atoms with E-state index < -0.39 is 9.05 Å². The lowest BCUT2D eigenvalue weighted by atomic mass is 9.77. The fraction of sp³-hybridized carbons (Fsp3) is 0.250. The molecule has 18 heavy (non-hydrogen) atoms. The van der Waals surface area contributed by atoms with Crippen LogP contribution in [0, 0.1) is 0 Å². The number of hydrogen-bond acceptors (Lipinski definition) is 3. The van der Waals surface area contributed by atoms with Crippen molar-refractivity contribution in [2.24, 2.45) is 0 Å². The van der Waals surface area contributed by atoms with Crippen LogP contribution in [0.1, 0.15) is 17.0 Å². The van der Waals surface area contributed by atoms with Gasteiger partial charge in [-0.3, -0.25) is 0 Å². The average molecular weight is 283 g/mol. The third kappa shape index (κ3) is 2.04. The molecule has 1 aliphatic rings. The second-order valence-corrected chi connectivity index (χ2v) is 6.96. The van der Waals surface area contributed by atoms with Gasteiger partial charge >= 0.3 is 0 Å². The first-order chi connectivity index (χ1) is 8.54. The summed E-state index contributed by atoms with van der Waals surface area (Å²) in [7, 11) is 1.51. The van der Waals surface area contributed by atoms with Crippen LogP contribution in [-0.2, 0) is 22.0 Å². The Morgan fingerprint density at radius 1 is 1.39 bits per heavy atom. The Kier molecular flexibility index (Phi) is 2.68. The smallest absolute Gasteiger partial charge is 0.280 e. The van der Waals surface area contributed by atoms with Crippen molar-refractivity contribution in [1.82, 2.24) is 9.55 Å². The van der Waals surface area contributed by atoms with Crippen molar-refractivity contribution in [3.63, 3.8) is 0 Å². The van der Waals surface area contributed by atoms with E-state index in [0.717, 1.165) is 13.0 Å². The summed E-state index contributed by atoms with van der Waals surface area (Å²) >= 11 is 0. The Morgan fingerprint density at radius 2 is 2.17 bits per heavy atom. The molecule has 0 saturated carbocycles. The lowest BCUT2D eigenvalue weighted by molar-refractivity contribution is 0.508. The van der Waals surface area contributed by atoms with Crippen molar-refractivity contribution in [2.45, 2.75) is 23.9 Å². The zero-order valence-corrected chi connectivity index (χ0v) is 11.0. The van der Waals surface area contributed by atoms with Gasteiger partial charge in [-0.2, -0.15) is 0 Å². The van der Waals surface area contributed by atoms with Crippen LogP contribution in [0.4, 0.5) is 0 Å². The summed E-state index contributed by atoms with van der Waals surface area (Å²) in [6.45, 7) is 0.733. The third-order valence-electron chi connectivity index (χ3n) is 3.25. The maximum Gasteiger partial charge on any atom is 0.280 e. The molecule has 3 rings (SSSR count). The molecule has 1 aliphatic carbocycles. The highest BCUT2D eigenvalue weighted by Crippen LogP contribution is 2.35. The van der Waals surface area contributed by atoms with Crippen LogP contribution in [-0.4, -0.2) is 18.0 Å². The SMILES string of the molecule is O=S(=O)(Cl)c1cn(CC2Cc3ccccc32)cn1. The molecule has 0 radical (unpaired) electrons. The Morgan fingerprint density at radius 3 is 2.83 bits per heavy atom. The Labute approximate surface area is 110 Å². The topological polar surface area (TPSA) is 52.0 Å². The Hall–Kier alpha value is -1.33. The fourth-order valence-electron chi connectivity index (χ4n) is 2.35. The molecule has 1 aromatic heterocycles. The minimum Gasteiger partial charge on any atom is -0.335 e. The number of fused-ring (bicyclic) bond motifs is 1. The summed E-state index contributed by atoms with van der Waals surface area (Å²) < 4.78 is 24.0. The Bertz CT molecular complexity index is 694. The lowest BCUT2D eigenvalue weighted by Gasteiger charge is -2.30. The van der Waals surface area contributed by atoms with Crippen LogP contribution in [0.2, 0.25) is 0 Å². The number of aromatic nitrogens is 2. The second-order valence-electron chi connectivity index (χ2n) is 4.45. The predicted molar refractivity (Wildman–Crippen MR) is 68.2 cm³/mol. The van der Waals surface area contributed by atoms with Crippen LogP contribution in [0.25, 0.3) is 0 Å². The summed E-state index contributed by atoms with van der Waals surface area (Å²) in [5.74, 6) is 0.432. The zero-order valence-electron chi connectivity index (χ0n) is 9.45. The van der Waals surface area contributed by atoms with E-state index >= 15 is 0 Å². The Balaban J connectivity index is 1.78. The summed E-state index contributed by atoms with van der Waals surface area (Å²) in [5.41, 5.74) is 2.70. The van der Waals surface area contributed by atoms with Crippen LogP contribution in [0.15, 0.2) is 41.8 Å². The van der Waals surface area contributed by atoms with Gasteiger partial charge in [0.15, 0.2) is 5.03 Å². The number of hydrogen-bond donors (Lipinski definition) is 0. The predicted octanol–water partition coefficient (Wildman–Crippen LogP) is 2.15. The first kappa shape index (κ1) is 11.7. The molecule has 94 valence electrons. The van der Waals surface area contributed by atoms with Gasteiger partial charge in [-0.1, -0.05) is 24.3 Å². The molecule has 0 fully saturated rings. The monoisotopic (exact) mass is 282 g/mol. The minimum atomic E-state index is -3.73. The molecule has 1 heterocycles. The summed E-state index contributed by atoms with van der Waals surface area (Å²) in [5, 5.41) is -0.0863. The molecule has 6 heteroatoms. The van der Waals surface area contributed by atoms with Gasteiger partial charge in [0.25, 0.3) is 9.05 Å².